The molecule has 0 aliphatic carbocycles. The Morgan fingerprint density at radius 1 is 1.03 bits per heavy atom. The number of non-ortho nitro benzene ring substituents is 1. The summed E-state index contributed by atoms with van der Waals surface area (Å²) in [6, 6.07) is 20.6. The first-order valence-electron chi connectivity index (χ1n) is 10.3. The second-order valence-corrected chi connectivity index (χ2v) is 7.53. The zero-order valence-corrected chi connectivity index (χ0v) is 17.6. The van der Waals surface area contributed by atoms with E-state index in [-0.39, 0.29) is 23.0 Å². The van der Waals surface area contributed by atoms with Crippen molar-refractivity contribution in [1.82, 2.24) is 14.8 Å². The highest BCUT2D eigenvalue weighted by Gasteiger charge is 2.26. The number of rotatable bonds is 5. The molecule has 1 atom stereocenters. The quantitative estimate of drug-likeness (QED) is 0.334. The number of amides is 1. The molecule has 0 saturated heterocycles. The van der Waals surface area contributed by atoms with Crippen LogP contribution in [-0.2, 0) is 0 Å². The van der Waals surface area contributed by atoms with Crippen LogP contribution in [0.1, 0.15) is 27.5 Å². The fourth-order valence-electron chi connectivity index (χ4n) is 3.64. The largest absolute Gasteiger partial charge is 0.324 e. The van der Waals surface area contributed by atoms with Crippen molar-refractivity contribution < 1.29 is 14.1 Å². The molecule has 0 spiro atoms. The van der Waals surface area contributed by atoms with Crippen LogP contribution in [0.2, 0.25) is 0 Å². The number of halogens is 1. The number of nitro groups is 1. The van der Waals surface area contributed by atoms with Gasteiger partial charge >= 0.3 is 0 Å². The summed E-state index contributed by atoms with van der Waals surface area (Å²) in [7, 11) is 0. The standard InChI is InChI=1S/C24H17FN6O3/c25-18-10-6-16(7-11-18)21-14-20(15-4-2-1-3-5-15)26-24-28-23(29-30(21)24)27-22(32)17-8-12-19(13-9-17)31(33)34/h1-14,21H,(H2,26,27,28,29,32). The first-order valence-corrected chi connectivity index (χ1v) is 10.3. The van der Waals surface area contributed by atoms with Crippen LogP contribution in [0.3, 0.4) is 0 Å². The monoisotopic (exact) mass is 456 g/mol. The van der Waals surface area contributed by atoms with Gasteiger partial charge in [0, 0.05) is 23.4 Å². The van der Waals surface area contributed by atoms with E-state index < -0.39 is 16.9 Å². The predicted octanol–water partition coefficient (Wildman–Crippen LogP) is 4.63. The zero-order valence-electron chi connectivity index (χ0n) is 17.6. The summed E-state index contributed by atoms with van der Waals surface area (Å²) in [6.07, 6.45) is 1.95. The number of aromatic nitrogens is 3. The molecule has 1 aromatic heterocycles. The molecule has 1 amide bonds. The number of fused-ring (bicyclic) bond motifs is 1. The van der Waals surface area contributed by atoms with E-state index in [0.29, 0.717) is 5.95 Å². The van der Waals surface area contributed by atoms with E-state index in [4.69, 9.17) is 0 Å². The normalized spacial score (nSPS) is 14.5. The van der Waals surface area contributed by atoms with E-state index in [2.05, 4.69) is 20.7 Å². The average Bonchev–Trinajstić information content (AvgIpc) is 3.27. The van der Waals surface area contributed by atoms with E-state index >= 15 is 0 Å². The molecule has 0 fully saturated rings. The summed E-state index contributed by atoms with van der Waals surface area (Å²) in [5.74, 6) is -0.400. The number of hydrogen-bond donors (Lipinski definition) is 2. The Labute approximate surface area is 192 Å². The van der Waals surface area contributed by atoms with Gasteiger partial charge in [-0.15, -0.1) is 5.10 Å². The molecule has 0 radical (unpaired) electrons. The maximum atomic E-state index is 13.5. The van der Waals surface area contributed by atoms with E-state index in [1.807, 2.05) is 36.4 Å². The second-order valence-electron chi connectivity index (χ2n) is 7.53. The van der Waals surface area contributed by atoms with Crippen molar-refractivity contribution in [3.63, 3.8) is 0 Å². The van der Waals surface area contributed by atoms with Gasteiger partial charge in [0.05, 0.1) is 4.92 Å². The van der Waals surface area contributed by atoms with Crippen LogP contribution in [0.25, 0.3) is 5.70 Å². The highest BCUT2D eigenvalue weighted by Crippen LogP contribution is 2.33. The summed E-state index contributed by atoms with van der Waals surface area (Å²) in [6.45, 7) is 0. The van der Waals surface area contributed by atoms with Gasteiger partial charge in [-0.3, -0.25) is 20.2 Å². The fraction of sp³-hybridized carbons (Fsp3) is 0.0417. The molecule has 5 rings (SSSR count). The SMILES string of the molecule is O=C(Nc1nc2n(n1)C(c1ccc(F)cc1)C=C(c1ccccc1)N2)c1ccc([N+](=O)[O-])cc1. The molecule has 9 nitrogen and oxygen atoms in total. The molecule has 4 aromatic rings. The smallest absolute Gasteiger partial charge is 0.269 e. The highest BCUT2D eigenvalue weighted by atomic mass is 19.1. The van der Waals surface area contributed by atoms with Gasteiger partial charge in [0.25, 0.3) is 17.5 Å². The van der Waals surface area contributed by atoms with Crippen molar-refractivity contribution in [3.05, 3.63) is 118 Å². The summed E-state index contributed by atoms with van der Waals surface area (Å²) >= 11 is 0. The third-order valence-electron chi connectivity index (χ3n) is 5.33. The number of benzene rings is 3. The lowest BCUT2D eigenvalue weighted by Crippen LogP contribution is -2.20. The summed E-state index contributed by atoms with van der Waals surface area (Å²) in [5, 5.41) is 21.1. The zero-order chi connectivity index (χ0) is 23.7. The van der Waals surface area contributed by atoms with Crippen molar-refractivity contribution in [2.45, 2.75) is 6.04 Å². The summed E-state index contributed by atoms with van der Waals surface area (Å²) in [5.41, 5.74) is 2.63. The third kappa shape index (κ3) is 4.11. The third-order valence-corrected chi connectivity index (χ3v) is 5.33. The molecule has 0 bridgehead atoms. The Morgan fingerprint density at radius 2 is 1.74 bits per heavy atom. The molecule has 1 aliphatic heterocycles. The van der Waals surface area contributed by atoms with Gasteiger partial charge < -0.3 is 5.32 Å². The van der Waals surface area contributed by atoms with Gasteiger partial charge in [-0.2, -0.15) is 4.98 Å². The minimum Gasteiger partial charge on any atom is -0.324 e. The first kappa shape index (κ1) is 21.0. The Hall–Kier alpha value is -4.86. The molecule has 34 heavy (non-hydrogen) atoms. The maximum absolute atomic E-state index is 13.5. The topological polar surface area (TPSA) is 115 Å². The number of carbonyl (C=O) groups excluding carboxylic acids is 1. The lowest BCUT2D eigenvalue weighted by molar-refractivity contribution is -0.384. The molecular formula is C24H17FN6O3. The minimum absolute atomic E-state index is 0.0562. The predicted molar refractivity (Wildman–Crippen MR) is 124 cm³/mol. The summed E-state index contributed by atoms with van der Waals surface area (Å²) in [4.78, 5) is 27.3. The van der Waals surface area contributed by atoms with Gasteiger partial charge in [-0.1, -0.05) is 42.5 Å². The van der Waals surface area contributed by atoms with Gasteiger partial charge in [-0.05, 0) is 41.5 Å². The molecule has 168 valence electrons. The molecule has 0 saturated carbocycles. The van der Waals surface area contributed by atoms with E-state index in [1.165, 1.54) is 36.4 Å². The Bertz CT molecular complexity index is 1400. The number of nitro benzene ring substituents is 1. The van der Waals surface area contributed by atoms with Crippen LogP contribution < -0.4 is 10.6 Å². The molecule has 10 heteroatoms. The molecule has 1 unspecified atom stereocenters. The average molecular weight is 456 g/mol. The van der Waals surface area contributed by atoms with E-state index in [9.17, 15) is 19.3 Å². The minimum atomic E-state index is -0.536. The lowest BCUT2D eigenvalue weighted by atomic mass is 10.0. The maximum Gasteiger partial charge on any atom is 0.269 e. The van der Waals surface area contributed by atoms with Crippen molar-refractivity contribution >= 4 is 29.2 Å². The molecule has 2 N–H and O–H groups in total. The number of nitrogens with zero attached hydrogens (tertiary/aromatic N) is 4. The molecule has 2 heterocycles. The van der Waals surface area contributed by atoms with Crippen molar-refractivity contribution in [1.29, 1.82) is 0 Å². The summed E-state index contributed by atoms with van der Waals surface area (Å²) < 4.78 is 15.1. The Morgan fingerprint density at radius 3 is 2.41 bits per heavy atom. The van der Waals surface area contributed by atoms with Crippen LogP contribution >= 0.6 is 0 Å². The van der Waals surface area contributed by atoms with Crippen molar-refractivity contribution in [2.24, 2.45) is 0 Å². The van der Waals surface area contributed by atoms with Gasteiger partial charge in [0.15, 0.2) is 0 Å². The molecule has 3 aromatic carbocycles. The highest BCUT2D eigenvalue weighted by molar-refractivity contribution is 6.03. The number of nitrogens with one attached hydrogen (secondary N) is 2. The fourth-order valence-corrected chi connectivity index (χ4v) is 3.64. The molecule has 1 aliphatic rings. The van der Waals surface area contributed by atoms with Gasteiger partial charge in [0.1, 0.15) is 11.9 Å². The van der Waals surface area contributed by atoms with Gasteiger partial charge in [-0.25, -0.2) is 9.07 Å². The van der Waals surface area contributed by atoms with Crippen molar-refractivity contribution in [3.8, 4) is 0 Å². The Balaban J connectivity index is 1.46. The van der Waals surface area contributed by atoms with Crippen molar-refractivity contribution in [2.75, 3.05) is 10.6 Å². The number of carbonyl (C=O) groups is 1. The second kappa shape index (κ2) is 8.58. The van der Waals surface area contributed by atoms with Crippen LogP contribution in [0.4, 0.5) is 22.0 Å². The number of allylic oxidation sites excluding steroid dienone is 1. The van der Waals surface area contributed by atoms with Crippen LogP contribution in [0, 0.1) is 15.9 Å². The Kier molecular flexibility index (Phi) is 5.30. The number of anilines is 2. The first-order chi connectivity index (χ1) is 16.5. The van der Waals surface area contributed by atoms with Crippen LogP contribution in [-0.4, -0.2) is 25.6 Å². The molecular weight excluding hydrogens is 439 g/mol. The van der Waals surface area contributed by atoms with Crippen LogP contribution in [0.15, 0.2) is 84.9 Å². The van der Waals surface area contributed by atoms with Gasteiger partial charge in [0.2, 0.25) is 5.95 Å². The van der Waals surface area contributed by atoms with E-state index in [1.54, 1.807) is 16.8 Å². The lowest BCUT2D eigenvalue weighted by Gasteiger charge is -2.24. The van der Waals surface area contributed by atoms with Crippen LogP contribution in [0.5, 0.6) is 0 Å². The number of hydrogen-bond acceptors (Lipinski definition) is 6. The van der Waals surface area contributed by atoms with E-state index in [0.717, 1.165) is 16.8 Å².